The molecule has 2 N–H and O–H groups in total. The number of rotatable bonds is 4. The molecule has 0 bridgehead atoms. The molecule has 2 rings (SSSR count). The molecule has 1 heterocycles. The van der Waals surface area contributed by atoms with Crippen molar-refractivity contribution in [1.82, 2.24) is 4.31 Å². The summed E-state index contributed by atoms with van der Waals surface area (Å²) in [7, 11) is -0.649. The first-order valence-corrected chi connectivity index (χ1v) is 8.32. The summed E-state index contributed by atoms with van der Waals surface area (Å²) >= 11 is 0. The van der Waals surface area contributed by atoms with Gasteiger partial charge in [0.1, 0.15) is 16.4 Å². The number of piperidine rings is 1. The van der Waals surface area contributed by atoms with Crippen LogP contribution in [0.4, 0.5) is 0 Å². The topological polar surface area (TPSA) is 81.9 Å². The van der Waals surface area contributed by atoms with Crippen molar-refractivity contribution in [3.8, 4) is 11.5 Å². The molecule has 0 saturated carbocycles. The van der Waals surface area contributed by atoms with Crippen LogP contribution in [0.25, 0.3) is 0 Å². The van der Waals surface area contributed by atoms with Crippen molar-refractivity contribution in [2.45, 2.75) is 24.3 Å². The zero-order valence-electron chi connectivity index (χ0n) is 12.6. The zero-order chi connectivity index (χ0) is 15.6. The van der Waals surface area contributed by atoms with Gasteiger partial charge < -0.3 is 15.2 Å². The highest BCUT2D eigenvalue weighted by molar-refractivity contribution is 7.89. The molecule has 0 amide bonds. The van der Waals surface area contributed by atoms with E-state index in [0.717, 1.165) is 6.42 Å². The standard InChI is InChI=1S/C14H22N2O4S/c1-10-6-7-16(9-12(10)15)21(17,18)14-5-4-11(19-2)8-13(14)20-3/h4-5,8,10,12H,6-7,9,15H2,1-3H3. The molecule has 1 aliphatic heterocycles. The van der Waals surface area contributed by atoms with E-state index < -0.39 is 10.0 Å². The van der Waals surface area contributed by atoms with E-state index in [1.54, 1.807) is 12.1 Å². The SMILES string of the molecule is COc1ccc(S(=O)(=O)N2CCC(C)C(N)C2)c(OC)c1. The van der Waals surface area contributed by atoms with Crippen LogP contribution in [0.5, 0.6) is 11.5 Å². The summed E-state index contributed by atoms with van der Waals surface area (Å²) in [5.41, 5.74) is 6.00. The van der Waals surface area contributed by atoms with E-state index in [0.29, 0.717) is 24.8 Å². The van der Waals surface area contributed by atoms with Crippen LogP contribution in [-0.4, -0.2) is 46.1 Å². The van der Waals surface area contributed by atoms with E-state index in [1.807, 2.05) is 6.92 Å². The largest absolute Gasteiger partial charge is 0.497 e. The summed E-state index contributed by atoms with van der Waals surface area (Å²) in [5, 5.41) is 0. The lowest BCUT2D eigenvalue weighted by Gasteiger charge is -2.34. The minimum Gasteiger partial charge on any atom is -0.497 e. The van der Waals surface area contributed by atoms with E-state index in [2.05, 4.69) is 0 Å². The third kappa shape index (κ3) is 3.14. The fourth-order valence-electron chi connectivity index (χ4n) is 2.41. The molecular weight excluding hydrogens is 292 g/mol. The Hall–Kier alpha value is -1.31. The second kappa shape index (κ2) is 6.21. The number of hydrogen-bond donors (Lipinski definition) is 1. The highest BCUT2D eigenvalue weighted by atomic mass is 32.2. The highest BCUT2D eigenvalue weighted by Gasteiger charge is 2.33. The molecule has 2 unspecified atom stereocenters. The van der Waals surface area contributed by atoms with Crippen LogP contribution in [-0.2, 0) is 10.0 Å². The van der Waals surface area contributed by atoms with Crippen molar-refractivity contribution in [3.63, 3.8) is 0 Å². The average Bonchev–Trinajstić information content (AvgIpc) is 2.49. The Morgan fingerprint density at radius 3 is 2.57 bits per heavy atom. The Balaban J connectivity index is 2.35. The Bertz CT molecular complexity index is 603. The zero-order valence-corrected chi connectivity index (χ0v) is 13.4. The summed E-state index contributed by atoms with van der Waals surface area (Å²) in [5.74, 6) is 1.16. The first kappa shape index (κ1) is 16.1. The summed E-state index contributed by atoms with van der Waals surface area (Å²) < 4.78 is 37.3. The van der Waals surface area contributed by atoms with Crippen molar-refractivity contribution >= 4 is 10.0 Å². The highest BCUT2D eigenvalue weighted by Crippen LogP contribution is 2.32. The molecule has 7 heteroatoms. The predicted octanol–water partition coefficient (Wildman–Crippen LogP) is 1.06. The molecule has 0 aromatic heterocycles. The maximum atomic E-state index is 12.8. The summed E-state index contributed by atoms with van der Waals surface area (Å²) in [6, 6.07) is 4.55. The van der Waals surface area contributed by atoms with Crippen LogP contribution in [0.1, 0.15) is 13.3 Å². The lowest BCUT2D eigenvalue weighted by molar-refractivity contribution is 0.252. The van der Waals surface area contributed by atoms with E-state index in [1.165, 1.54) is 24.6 Å². The normalized spacial score (nSPS) is 23.8. The minimum absolute atomic E-state index is 0.141. The molecule has 0 aliphatic carbocycles. The van der Waals surface area contributed by atoms with Crippen LogP contribution in [0, 0.1) is 5.92 Å². The molecule has 1 saturated heterocycles. The lowest BCUT2D eigenvalue weighted by Crippen LogP contribution is -2.49. The molecular formula is C14H22N2O4S. The molecule has 1 aromatic rings. The number of hydrogen-bond acceptors (Lipinski definition) is 5. The molecule has 0 radical (unpaired) electrons. The number of benzene rings is 1. The van der Waals surface area contributed by atoms with Gasteiger partial charge in [-0.05, 0) is 24.5 Å². The smallest absolute Gasteiger partial charge is 0.246 e. The van der Waals surface area contributed by atoms with Gasteiger partial charge >= 0.3 is 0 Å². The summed E-state index contributed by atoms with van der Waals surface area (Å²) in [6.45, 7) is 2.85. The summed E-state index contributed by atoms with van der Waals surface area (Å²) in [4.78, 5) is 0.146. The fourth-order valence-corrected chi connectivity index (χ4v) is 4.04. The van der Waals surface area contributed by atoms with Crippen molar-refractivity contribution in [3.05, 3.63) is 18.2 Å². The van der Waals surface area contributed by atoms with Gasteiger partial charge in [0.05, 0.1) is 14.2 Å². The maximum absolute atomic E-state index is 12.8. The van der Waals surface area contributed by atoms with Gasteiger partial charge in [-0.1, -0.05) is 6.92 Å². The van der Waals surface area contributed by atoms with Crippen LogP contribution >= 0.6 is 0 Å². The van der Waals surface area contributed by atoms with Gasteiger partial charge in [0.2, 0.25) is 10.0 Å². The van der Waals surface area contributed by atoms with Crippen molar-refractivity contribution in [2.24, 2.45) is 11.7 Å². The van der Waals surface area contributed by atoms with Crippen LogP contribution in [0.3, 0.4) is 0 Å². The number of nitrogens with two attached hydrogens (primary N) is 1. The van der Waals surface area contributed by atoms with Gasteiger partial charge in [-0.25, -0.2) is 8.42 Å². The third-order valence-corrected chi connectivity index (χ3v) is 5.87. The molecule has 1 fully saturated rings. The fraction of sp³-hybridized carbons (Fsp3) is 0.571. The quantitative estimate of drug-likeness (QED) is 0.898. The second-order valence-electron chi connectivity index (χ2n) is 5.31. The minimum atomic E-state index is -3.61. The van der Waals surface area contributed by atoms with E-state index in [9.17, 15) is 8.42 Å². The van der Waals surface area contributed by atoms with Gasteiger partial charge in [-0.3, -0.25) is 0 Å². The monoisotopic (exact) mass is 314 g/mol. The van der Waals surface area contributed by atoms with Gasteiger partial charge in [0, 0.05) is 25.2 Å². The van der Waals surface area contributed by atoms with Gasteiger partial charge in [0.25, 0.3) is 0 Å². The molecule has 2 atom stereocenters. The van der Waals surface area contributed by atoms with E-state index >= 15 is 0 Å². The van der Waals surface area contributed by atoms with Crippen molar-refractivity contribution in [2.75, 3.05) is 27.3 Å². The predicted molar refractivity (Wildman–Crippen MR) is 80.1 cm³/mol. The van der Waals surface area contributed by atoms with Crippen LogP contribution < -0.4 is 15.2 Å². The first-order valence-electron chi connectivity index (χ1n) is 6.88. The molecule has 0 spiro atoms. The Morgan fingerprint density at radius 2 is 2.00 bits per heavy atom. The maximum Gasteiger partial charge on any atom is 0.246 e. The molecule has 118 valence electrons. The molecule has 1 aromatic carbocycles. The Labute approximate surface area is 125 Å². The molecule has 1 aliphatic rings. The van der Waals surface area contributed by atoms with E-state index in [-0.39, 0.29) is 16.7 Å². The molecule has 6 nitrogen and oxygen atoms in total. The van der Waals surface area contributed by atoms with Crippen molar-refractivity contribution in [1.29, 1.82) is 0 Å². The lowest BCUT2D eigenvalue weighted by atomic mass is 9.96. The van der Waals surface area contributed by atoms with Gasteiger partial charge in [-0.2, -0.15) is 4.31 Å². The average molecular weight is 314 g/mol. The number of sulfonamides is 1. The van der Waals surface area contributed by atoms with Gasteiger partial charge in [0.15, 0.2) is 0 Å². The number of nitrogens with zero attached hydrogens (tertiary/aromatic N) is 1. The summed E-state index contributed by atoms with van der Waals surface area (Å²) in [6.07, 6.45) is 0.763. The van der Waals surface area contributed by atoms with Gasteiger partial charge in [-0.15, -0.1) is 0 Å². The number of ether oxygens (including phenoxy) is 2. The van der Waals surface area contributed by atoms with Crippen molar-refractivity contribution < 1.29 is 17.9 Å². The van der Waals surface area contributed by atoms with Crippen LogP contribution in [0.2, 0.25) is 0 Å². The van der Waals surface area contributed by atoms with Crippen LogP contribution in [0.15, 0.2) is 23.1 Å². The number of methoxy groups -OCH3 is 2. The second-order valence-corrected chi connectivity index (χ2v) is 7.22. The Morgan fingerprint density at radius 1 is 1.29 bits per heavy atom. The van der Waals surface area contributed by atoms with E-state index in [4.69, 9.17) is 15.2 Å². The third-order valence-electron chi connectivity index (χ3n) is 3.97. The molecule has 21 heavy (non-hydrogen) atoms. The Kier molecular flexibility index (Phi) is 4.75. The first-order chi connectivity index (χ1) is 9.90.